The highest BCUT2D eigenvalue weighted by atomic mass is 15.2. The summed E-state index contributed by atoms with van der Waals surface area (Å²) in [5.41, 5.74) is 0. The Morgan fingerprint density at radius 3 is 2.72 bits per heavy atom. The fourth-order valence-corrected chi connectivity index (χ4v) is 2.74. The Bertz CT molecular complexity index is 357. The van der Waals surface area contributed by atoms with Gasteiger partial charge in [-0.25, -0.2) is 4.98 Å². The summed E-state index contributed by atoms with van der Waals surface area (Å²) < 4.78 is 0. The highest BCUT2D eigenvalue weighted by molar-refractivity contribution is 5.47. The molecule has 0 radical (unpaired) electrons. The summed E-state index contributed by atoms with van der Waals surface area (Å²) in [6.45, 7) is 7.63. The lowest BCUT2D eigenvalue weighted by Gasteiger charge is -2.32. The molecule has 100 valence electrons. The van der Waals surface area contributed by atoms with Crippen molar-refractivity contribution in [3.05, 3.63) is 18.2 Å². The van der Waals surface area contributed by atoms with Crippen molar-refractivity contribution in [2.75, 3.05) is 29.9 Å². The fourth-order valence-electron chi connectivity index (χ4n) is 2.74. The van der Waals surface area contributed by atoms with Gasteiger partial charge in [0.05, 0.1) is 0 Å². The average molecular weight is 247 g/mol. The van der Waals surface area contributed by atoms with Gasteiger partial charge in [-0.1, -0.05) is 25.8 Å². The molecule has 0 bridgehead atoms. The lowest BCUT2D eigenvalue weighted by atomic mass is 9.92. The minimum atomic E-state index is 0.926. The molecule has 3 nitrogen and oxygen atoms in total. The molecule has 0 unspecified atom stereocenters. The summed E-state index contributed by atoms with van der Waals surface area (Å²) >= 11 is 0. The molecule has 0 aliphatic carbocycles. The molecule has 2 rings (SSSR count). The molecule has 1 fully saturated rings. The van der Waals surface area contributed by atoms with E-state index in [-0.39, 0.29) is 0 Å². The van der Waals surface area contributed by atoms with Crippen molar-refractivity contribution in [2.24, 2.45) is 5.92 Å². The highest BCUT2D eigenvalue weighted by Crippen LogP contribution is 2.25. The van der Waals surface area contributed by atoms with Gasteiger partial charge in [-0.05, 0) is 37.8 Å². The van der Waals surface area contributed by atoms with Gasteiger partial charge < -0.3 is 10.2 Å². The molecule has 1 aliphatic heterocycles. The molecule has 0 aromatic carbocycles. The first kappa shape index (κ1) is 13.2. The second kappa shape index (κ2) is 6.62. The van der Waals surface area contributed by atoms with Crippen molar-refractivity contribution in [3.8, 4) is 0 Å². The summed E-state index contributed by atoms with van der Waals surface area (Å²) in [6.07, 6.45) is 5.35. The number of rotatable bonds is 5. The summed E-state index contributed by atoms with van der Waals surface area (Å²) in [7, 11) is 0. The van der Waals surface area contributed by atoms with Crippen LogP contribution >= 0.6 is 0 Å². The van der Waals surface area contributed by atoms with E-state index in [9.17, 15) is 0 Å². The van der Waals surface area contributed by atoms with Gasteiger partial charge in [-0.15, -0.1) is 0 Å². The van der Waals surface area contributed by atoms with Crippen LogP contribution in [0.5, 0.6) is 0 Å². The van der Waals surface area contributed by atoms with E-state index in [1.54, 1.807) is 0 Å². The topological polar surface area (TPSA) is 28.2 Å². The Morgan fingerprint density at radius 1 is 1.28 bits per heavy atom. The fraction of sp³-hybridized carbons (Fsp3) is 0.667. The number of pyridine rings is 1. The van der Waals surface area contributed by atoms with Crippen molar-refractivity contribution >= 4 is 11.6 Å². The van der Waals surface area contributed by atoms with Crippen molar-refractivity contribution in [1.29, 1.82) is 0 Å². The monoisotopic (exact) mass is 247 g/mol. The van der Waals surface area contributed by atoms with Crippen molar-refractivity contribution in [1.82, 2.24) is 4.98 Å². The number of hydrogen-bond acceptors (Lipinski definition) is 3. The molecular weight excluding hydrogens is 222 g/mol. The van der Waals surface area contributed by atoms with Gasteiger partial charge in [-0.3, -0.25) is 0 Å². The molecule has 0 atom stereocenters. The van der Waals surface area contributed by atoms with E-state index in [1.165, 1.54) is 25.7 Å². The van der Waals surface area contributed by atoms with Crippen LogP contribution in [0, 0.1) is 5.92 Å². The van der Waals surface area contributed by atoms with Crippen LogP contribution in [0.15, 0.2) is 18.2 Å². The maximum Gasteiger partial charge on any atom is 0.130 e. The maximum atomic E-state index is 4.67. The minimum absolute atomic E-state index is 0.926. The normalized spacial score (nSPS) is 16.9. The molecule has 0 saturated carbocycles. The van der Waals surface area contributed by atoms with E-state index in [1.807, 2.05) is 6.07 Å². The van der Waals surface area contributed by atoms with Gasteiger partial charge in [0, 0.05) is 19.6 Å². The quantitative estimate of drug-likeness (QED) is 0.862. The van der Waals surface area contributed by atoms with E-state index < -0.39 is 0 Å². The van der Waals surface area contributed by atoms with E-state index >= 15 is 0 Å². The predicted molar refractivity (Wildman–Crippen MR) is 78.2 cm³/mol. The third-order valence-electron chi connectivity index (χ3n) is 3.73. The van der Waals surface area contributed by atoms with Gasteiger partial charge in [0.15, 0.2) is 0 Å². The van der Waals surface area contributed by atoms with Gasteiger partial charge >= 0.3 is 0 Å². The number of nitrogens with zero attached hydrogens (tertiary/aromatic N) is 2. The Balaban J connectivity index is 1.94. The molecule has 0 amide bonds. The zero-order valence-electron chi connectivity index (χ0n) is 11.7. The number of nitrogens with one attached hydrogen (secondary N) is 1. The van der Waals surface area contributed by atoms with Crippen LogP contribution < -0.4 is 10.2 Å². The zero-order valence-corrected chi connectivity index (χ0v) is 11.7. The van der Waals surface area contributed by atoms with Gasteiger partial charge in [0.1, 0.15) is 11.6 Å². The standard InChI is InChI=1S/C15H25N3/c1-3-6-13-9-11-18(12-10-13)15-8-5-7-14(17-15)16-4-2/h5,7-8,13H,3-4,6,9-12H2,1-2H3,(H,16,17). The first-order valence-electron chi connectivity index (χ1n) is 7.29. The van der Waals surface area contributed by atoms with Crippen LogP contribution in [-0.2, 0) is 0 Å². The van der Waals surface area contributed by atoms with Crippen LogP contribution in [0.25, 0.3) is 0 Å². The molecule has 0 spiro atoms. The van der Waals surface area contributed by atoms with Gasteiger partial charge in [0.2, 0.25) is 0 Å². The summed E-state index contributed by atoms with van der Waals surface area (Å²) in [6, 6.07) is 6.26. The molecular formula is C15H25N3. The van der Waals surface area contributed by atoms with Crippen LogP contribution in [0.4, 0.5) is 11.6 Å². The zero-order chi connectivity index (χ0) is 12.8. The van der Waals surface area contributed by atoms with Crippen LogP contribution in [0.1, 0.15) is 39.5 Å². The number of aromatic nitrogens is 1. The first-order chi connectivity index (χ1) is 8.83. The Morgan fingerprint density at radius 2 is 2.06 bits per heavy atom. The third-order valence-corrected chi connectivity index (χ3v) is 3.73. The van der Waals surface area contributed by atoms with E-state index in [0.717, 1.165) is 37.2 Å². The van der Waals surface area contributed by atoms with E-state index in [2.05, 4.69) is 41.2 Å². The number of anilines is 2. The predicted octanol–water partition coefficient (Wildman–Crippen LogP) is 3.53. The van der Waals surface area contributed by atoms with Crippen LogP contribution in [-0.4, -0.2) is 24.6 Å². The Labute approximate surface area is 111 Å². The molecule has 18 heavy (non-hydrogen) atoms. The van der Waals surface area contributed by atoms with Crippen molar-refractivity contribution in [2.45, 2.75) is 39.5 Å². The van der Waals surface area contributed by atoms with Crippen molar-refractivity contribution in [3.63, 3.8) is 0 Å². The summed E-state index contributed by atoms with van der Waals surface area (Å²) in [4.78, 5) is 7.10. The van der Waals surface area contributed by atoms with Crippen molar-refractivity contribution < 1.29 is 0 Å². The molecule has 1 aliphatic rings. The van der Waals surface area contributed by atoms with Crippen LogP contribution in [0.3, 0.4) is 0 Å². The molecule has 1 saturated heterocycles. The Hall–Kier alpha value is -1.25. The van der Waals surface area contributed by atoms with E-state index in [0.29, 0.717) is 0 Å². The smallest absolute Gasteiger partial charge is 0.130 e. The molecule has 1 N–H and O–H groups in total. The lowest BCUT2D eigenvalue weighted by molar-refractivity contribution is 0.377. The molecule has 1 aromatic rings. The summed E-state index contributed by atoms with van der Waals surface area (Å²) in [5, 5.41) is 3.28. The SMILES string of the molecule is CCCC1CCN(c2cccc(NCC)n2)CC1. The van der Waals surface area contributed by atoms with Gasteiger partial charge in [0.25, 0.3) is 0 Å². The molecule has 2 heterocycles. The van der Waals surface area contributed by atoms with Crippen LogP contribution in [0.2, 0.25) is 0 Å². The third kappa shape index (κ3) is 3.37. The molecule has 1 aromatic heterocycles. The second-order valence-electron chi connectivity index (χ2n) is 5.13. The highest BCUT2D eigenvalue weighted by Gasteiger charge is 2.19. The maximum absolute atomic E-state index is 4.67. The average Bonchev–Trinajstić information content (AvgIpc) is 2.41. The number of hydrogen-bond donors (Lipinski definition) is 1. The van der Waals surface area contributed by atoms with Gasteiger partial charge in [-0.2, -0.15) is 0 Å². The molecule has 3 heteroatoms. The van der Waals surface area contributed by atoms with E-state index in [4.69, 9.17) is 0 Å². The first-order valence-corrected chi connectivity index (χ1v) is 7.29. The Kier molecular flexibility index (Phi) is 4.85. The minimum Gasteiger partial charge on any atom is -0.370 e. The summed E-state index contributed by atoms with van der Waals surface area (Å²) in [5.74, 6) is 3.05. The lowest BCUT2D eigenvalue weighted by Crippen LogP contribution is -2.34. The second-order valence-corrected chi connectivity index (χ2v) is 5.13. The number of piperidine rings is 1. The largest absolute Gasteiger partial charge is 0.370 e.